The summed E-state index contributed by atoms with van der Waals surface area (Å²) < 4.78 is 5.22. The Morgan fingerprint density at radius 3 is 2.50 bits per heavy atom. The molecule has 1 heterocycles. The molecule has 1 aliphatic rings. The number of nitrogens with zero attached hydrogens (tertiary/aromatic N) is 2. The Morgan fingerprint density at radius 1 is 1.27 bits per heavy atom. The molecule has 0 aliphatic carbocycles. The topological polar surface area (TPSA) is 56.8 Å². The van der Waals surface area contributed by atoms with E-state index in [0.29, 0.717) is 6.04 Å². The molecule has 6 heteroatoms. The normalized spacial score (nSPS) is 20.6. The lowest BCUT2D eigenvalue weighted by atomic mass is 10.1. The summed E-state index contributed by atoms with van der Waals surface area (Å²) in [5.74, 6) is 0. The second-order valence-corrected chi connectivity index (χ2v) is 8.30. The fraction of sp³-hybridized carbons (Fsp3) is 0.650. The number of benzene rings is 1. The maximum absolute atomic E-state index is 11.7. The number of ether oxygens (including phenoxy) is 1. The van der Waals surface area contributed by atoms with Crippen LogP contribution in [0.2, 0.25) is 0 Å². The van der Waals surface area contributed by atoms with Crippen LogP contribution in [-0.4, -0.2) is 54.2 Å². The first-order valence-corrected chi connectivity index (χ1v) is 9.40. The lowest BCUT2D eigenvalue weighted by Gasteiger charge is -2.37. The molecule has 0 aromatic heterocycles. The number of hydrazine groups is 1. The molecule has 26 heavy (non-hydrogen) atoms. The van der Waals surface area contributed by atoms with Gasteiger partial charge in [-0.3, -0.25) is 10.3 Å². The third-order valence-corrected chi connectivity index (χ3v) is 4.72. The van der Waals surface area contributed by atoms with E-state index in [2.05, 4.69) is 58.9 Å². The van der Waals surface area contributed by atoms with Gasteiger partial charge in [0.2, 0.25) is 0 Å². The smallest absolute Gasteiger partial charge is 0.422 e. The minimum absolute atomic E-state index is 0.000210. The van der Waals surface area contributed by atoms with Crippen molar-refractivity contribution in [3.63, 3.8) is 0 Å². The fourth-order valence-electron chi connectivity index (χ4n) is 2.99. The lowest BCUT2D eigenvalue weighted by Crippen LogP contribution is -2.49. The van der Waals surface area contributed by atoms with Crippen molar-refractivity contribution in [2.45, 2.75) is 58.8 Å². The zero-order valence-electron chi connectivity index (χ0n) is 17.0. The van der Waals surface area contributed by atoms with E-state index in [-0.39, 0.29) is 6.04 Å². The van der Waals surface area contributed by atoms with Crippen molar-refractivity contribution in [3.8, 4) is 0 Å². The molecular weight excluding hydrogens is 328 g/mol. The highest BCUT2D eigenvalue weighted by molar-refractivity contribution is 5.67. The summed E-state index contributed by atoms with van der Waals surface area (Å²) >= 11 is 0. The van der Waals surface area contributed by atoms with Crippen molar-refractivity contribution in [2.75, 3.05) is 26.7 Å². The summed E-state index contributed by atoms with van der Waals surface area (Å²) in [6.07, 6.45) is -0.467. The van der Waals surface area contributed by atoms with Crippen LogP contribution >= 0.6 is 0 Å². The molecule has 2 rings (SSSR count). The van der Waals surface area contributed by atoms with Crippen LogP contribution < -0.4 is 10.9 Å². The van der Waals surface area contributed by atoms with Gasteiger partial charge in [-0.15, -0.1) is 0 Å². The summed E-state index contributed by atoms with van der Waals surface area (Å²) in [6, 6.07) is 9.17. The molecule has 1 unspecified atom stereocenters. The van der Waals surface area contributed by atoms with Crippen LogP contribution in [0.15, 0.2) is 24.3 Å². The Morgan fingerprint density at radius 2 is 1.92 bits per heavy atom. The van der Waals surface area contributed by atoms with E-state index in [1.807, 2.05) is 27.7 Å². The van der Waals surface area contributed by atoms with E-state index < -0.39 is 11.7 Å². The van der Waals surface area contributed by atoms with Gasteiger partial charge in [-0.1, -0.05) is 24.3 Å². The van der Waals surface area contributed by atoms with Gasteiger partial charge < -0.3 is 9.64 Å². The summed E-state index contributed by atoms with van der Waals surface area (Å²) in [7, 11) is 2.19. The molecule has 6 nitrogen and oxygen atoms in total. The molecule has 2 atom stereocenters. The molecule has 0 bridgehead atoms. The van der Waals surface area contributed by atoms with Gasteiger partial charge in [0, 0.05) is 38.3 Å². The minimum atomic E-state index is -0.503. The molecule has 2 N–H and O–H groups in total. The monoisotopic (exact) mass is 362 g/mol. The second kappa shape index (κ2) is 8.84. The molecule has 0 saturated carbocycles. The summed E-state index contributed by atoms with van der Waals surface area (Å²) in [6.45, 7) is 14.1. The van der Waals surface area contributed by atoms with Crippen LogP contribution in [0.4, 0.5) is 4.79 Å². The third-order valence-electron chi connectivity index (χ3n) is 4.72. The number of hydrogen-bond acceptors (Lipinski definition) is 5. The number of likely N-dealkylation sites (N-methyl/N-ethyl adjacent to an activating group) is 1. The number of rotatable bonds is 5. The first-order valence-electron chi connectivity index (χ1n) is 9.40. The Balaban J connectivity index is 1.82. The number of amides is 1. The van der Waals surface area contributed by atoms with Crippen LogP contribution in [0.1, 0.15) is 51.8 Å². The van der Waals surface area contributed by atoms with Gasteiger partial charge >= 0.3 is 6.09 Å². The Kier molecular flexibility index (Phi) is 7.03. The van der Waals surface area contributed by atoms with E-state index in [1.165, 1.54) is 5.56 Å². The molecule has 1 aromatic carbocycles. The molecule has 1 saturated heterocycles. The van der Waals surface area contributed by atoms with E-state index in [4.69, 9.17) is 4.74 Å². The van der Waals surface area contributed by atoms with Crippen LogP contribution in [0.25, 0.3) is 0 Å². The van der Waals surface area contributed by atoms with Crippen molar-refractivity contribution >= 4 is 6.09 Å². The Hall–Kier alpha value is -1.63. The largest absolute Gasteiger partial charge is 0.443 e. The minimum Gasteiger partial charge on any atom is -0.443 e. The van der Waals surface area contributed by atoms with Crippen molar-refractivity contribution in [1.82, 2.24) is 20.7 Å². The Bertz CT molecular complexity index is 582. The highest BCUT2D eigenvalue weighted by Gasteiger charge is 2.20. The number of hydrogen-bond donors (Lipinski definition) is 2. The lowest BCUT2D eigenvalue weighted by molar-refractivity contribution is 0.0489. The standard InChI is InChI=1S/C20H34N4O2/c1-15-13-24(12-11-23(15)6)14-17-7-9-18(10-8-17)16(2)21-22-19(25)26-20(3,4)5/h7-10,15-16,21H,11-14H2,1-6H3,(H,22,25)/t15?,16-/m0/s1. The second-order valence-electron chi connectivity index (χ2n) is 8.30. The molecule has 0 radical (unpaired) electrons. The van der Waals surface area contributed by atoms with Crippen molar-refractivity contribution in [2.24, 2.45) is 0 Å². The van der Waals surface area contributed by atoms with Crippen LogP contribution in [0.3, 0.4) is 0 Å². The highest BCUT2D eigenvalue weighted by Crippen LogP contribution is 2.16. The maximum atomic E-state index is 11.7. The molecular formula is C20H34N4O2. The summed E-state index contributed by atoms with van der Waals surface area (Å²) in [5.41, 5.74) is 7.53. The zero-order chi connectivity index (χ0) is 19.3. The van der Waals surface area contributed by atoms with Crippen molar-refractivity contribution < 1.29 is 9.53 Å². The predicted molar refractivity (Wildman–Crippen MR) is 105 cm³/mol. The van der Waals surface area contributed by atoms with Crippen molar-refractivity contribution in [3.05, 3.63) is 35.4 Å². The first kappa shape index (κ1) is 20.7. The van der Waals surface area contributed by atoms with E-state index in [9.17, 15) is 4.79 Å². The van der Waals surface area contributed by atoms with E-state index >= 15 is 0 Å². The van der Waals surface area contributed by atoms with E-state index in [1.54, 1.807) is 0 Å². The van der Waals surface area contributed by atoms with Gasteiger partial charge in [-0.25, -0.2) is 10.2 Å². The Labute approximate surface area is 157 Å². The molecule has 1 amide bonds. The van der Waals surface area contributed by atoms with Crippen molar-refractivity contribution in [1.29, 1.82) is 0 Å². The zero-order valence-corrected chi connectivity index (χ0v) is 17.0. The van der Waals surface area contributed by atoms with Gasteiger partial charge in [0.05, 0.1) is 0 Å². The summed E-state index contributed by atoms with van der Waals surface area (Å²) in [4.78, 5) is 16.6. The maximum Gasteiger partial charge on any atom is 0.422 e. The van der Waals surface area contributed by atoms with Crippen LogP contribution in [0.5, 0.6) is 0 Å². The SMILES string of the molecule is CC1CN(Cc2ccc([C@H](C)NNC(=O)OC(C)(C)C)cc2)CCN1C. The third kappa shape index (κ3) is 6.59. The quantitative estimate of drug-likeness (QED) is 0.789. The van der Waals surface area contributed by atoms with Gasteiger partial charge in [-0.05, 0) is 52.8 Å². The average molecular weight is 363 g/mol. The van der Waals surface area contributed by atoms with Gasteiger partial charge in [0.15, 0.2) is 0 Å². The predicted octanol–water partition coefficient (Wildman–Crippen LogP) is 2.91. The van der Waals surface area contributed by atoms with Gasteiger partial charge in [0.1, 0.15) is 5.60 Å². The van der Waals surface area contributed by atoms with Gasteiger partial charge in [0.25, 0.3) is 0 Å². The highest BCUT2D eigenvalue weighted by atomic mass is 16.6. The number of nitrogens with one attached hydrogen (secondary N) is 2. The van der Waals surface area contributed by atoms with Crippen LogP contribution in [-0.2, 0) is 11.3 Å². The fourth-order valence-corrected chi connectivity index (χ4v) is 2.99. The summed E-state index contributed by atoms with van der Waals surface area (Å²) in [5, 5.41) is 0. The average Bonchev–Trinajstić information content (AvgIpc) is 2.55. The molecule has 0 spiro atoms. The van der Waals surface area contributed by atoms with Crippen LogP contribution in [0, 0.1) is 0 Å². The number of carbonyl (C=O) groups excluding carboxylic acids is 1. The molecule has 1 aromatic rings. The molecule has 146 valence electrons. The first-order chi connectivity index (χ1) is 12.1. The number of carbonyl (C=O) groups is 1. The van der Waals surface area contributed by atoms with E-state index in [0.717, 1.165) is 31.7 Å². The number of piperazine rings is 1. The van der Waals surface area contributed by atoms with Gasteiger partial charge in [-0.2, -0.15) is 0 Å². The molecule has 1 fully saturated rings. The molecule has 1 aliphatic heterocycles.